The Morgan fingerprint density at radius 1 is 0.727 bits per heavy atom. The van der Waals surface area contributed by atoms with Crippen LogP contribution >= 0.6 is 65.3 Å². The molecule has 23 heteroatoms. The van der Waals surface area contributed by atoms with Crippen molar-refractivity contribution in [1.29, 1.82) is 0 Å². The van der Waals surface area contributed by atoms with Gasteiger partial charge < -0.3 is 39.4 Å². The highest BCUT2D eigenvalue weighted by Gasteiger charge is 2.41. The first-order valence-corrected chi connectivity index (χ1v) is 25.4. The number of alkyl carbamates (subject to hydrolysis) is 2. The zero-order chi connectivity index (χ0) is 51.2. The number of fused-ring (bicyclic) bond motifs is 5. The fourth-order valence-corrected chi connectivity index (χ4v) is 11.4. The highest BCUT2D eigenvalue weighted by molar-refractivity contribution is 7.59. The van der Waals surface area contributed by atoms with Gasteiger partial charge in [-0.15, -0.1) is 0 Å². The minimum absolute atomic E-state index is 0. The molecule has 0 bridgehead atoms. The number of halogens is 2. The molecule has 0 radical (unpaired) electrons. The number of carbonyl (C=O) groups is 4. The summed E-state index contributed by atoms with van der Waals surface area (Å²) in [7, 11) is 2.54. The van der Waals surface area contributed by atoms with E-state index < -0.39 is 42.1 Å². The number of nitrogens with zero attached hydrogens (tertiary/aromatic N) is 6. The van der Waals surface area contributed by atoms with Gasteiger partial charge in [-0.25, -0.2) is 23.4 Å². The molecule has 5 aliphatic rings. The van der Waals surface area contributed by atoms with Crippen LogP contribution in [-0.2, 0) is 19.1 Å². The summed E-state index contributed by atoms with van der Waals surface area (Å²) in [5.41, 5.74) is 6.55. The molecule has 5 atom stereocenters. The molecule has 10 rings (SSSR count). The number of amides is 4. The van der Waals surface area contributed by atoms with E-state index in [1.54, 1.807) is 17.3 Å². The number of hydrogen-bond donors (Lipinski definition) is 2. The van der Waals surface area contributed by atoms with Gasteiger partial charge in [0.25, 0.3) is 5.19 Å². The smallest absolute Gasteiger partial charge is 0.407 e. The van der Waals surface area contributed by atoms with Gasteiger partial charge in [-0.05, 0) is 114 Å². The van der Waals surface area contributed by atoms with Crippen LogP contribution in [0.2, 0.25) is 0 Å². The number of carbonyl (C=O) groups excluding carboxylic acids is 4. The van der Waals surface area contributed by atoms with Crippen molar-refractivity contribution in [2.24, 2.45) is 21.8 Å². The van der Waals surface area contributed by atoms with Crippen molar-refractivity contribution in [2.75, 3.05) is 27.3 Å². The van der Waals surface area contributed by atoms with Gasteiger partial charge in [-0.1, -0.05) is 45.1 Å². The van der Waals surface area contributed by atoms with Crippen LogP contribution in [0.1, 0.15) is 88.5 Å². The van der Waals surface area contributed by atoms with Crippen LogP contribution in [-0.4, -0.2) is 106 Å². The van der Waals surface area contributed by atoms with Crippen LogP contribution < -0.4 is 20.1 Å². The predicted octanol–water partition coefficient (Wildman–Crippen LogP) is 10.3. The quantitative estimate of drug-likeness (QED) is 0.116. The van der Waals surface area contributed by atoms with Gasteiger partial charge in [-0.2, -0.15) is 54.0 Å². The molecule has 5 aliphatic heterocycles. The zero-order valence-electron chi connectivity index (χ0n) is 43.3. The third-order valence-corrected chi connectivity index (χ3v) is 15.2. The van der Waals surface area contributed by atoms with Gasteiger partial charge >= 0.3 is 12.2 Å². The largest absolute Gasteiger partial charge is 0.464 e. The van der Waals surface area contributed by atoms with E-state index in [4.69, 9.17) is 28.9 Å². The van der Waals surface area contributed by atoms with E-state index in [1.807, 2.05) is 67.6 Å². The average Bonchev–Trinajstić information content (AvgIpc) is 4.32. The van der Waals surface area contributed by atoms with Crippen molar-refractivity contribution >= 4 is 123 Å². The fraction of sp³-hybridized carbons (Fsp3) is 0.389. The second-order valence-corrected chi connectivity index (χ2v) is 20.6. The van der Waals surface area contributed by atoms with Crippen LogP contribution in [0.3, 0.4) is 0 Å². The van der Waals surface area contributed by atoms with Gasteiger partial charge in [0.1, 0.15) is 35.2 Å². The van der Waals surface area contributed by atoms with Gasteiger partial charge in [0.15, 0.2) is 0 Å². The first kappa shape index (κ1) is 60.2. The highest BCUT2D eigenvalue weighted by atomic mass is 32.1. The summed E-state index contributed by atoms with van der Waals surface area (Å²) in [6.07, 6.45) is 7.06. The van der Waals surface area contributed by atoms with Gasteiger partial charge in [0.2, 0.25) is 18.0 Å². The van der Waals surface area contributed by atoms with Gasteiger partial charge in [0, 0.05) is 55.1 Å². The summed E-state index contributed by atoms with van der Waals surface area (Å²) in [6, 6.07) is 15.0. The Bertz CT molecular complexity index is 3160. The van der Waals surface area contributed by atoms with Crippen molar-refractivity contribution in [3.63, 3.8) is 0 Å². The van der Waals surface area contributed by atoms with Crippen molar-refractivity contribution in [3.8, 4) is 28.0 Å². The number of likely N-dealkylation sites (tertiary alicyclic amines) is 2. The summed E-state index contributed by atoms with van der Waals surface area (Å²) >= 11 is 1.25. The van der Waals surface area contributed by atoms with E-state index in [0.717, 1.165) is 58.3 Å². The fourth-order valence-electron chi connectivity index (χ4n) is 10.5. The second-order valence-electron chi connectivity index (χ2n) is 19.6. The van der Waals surface area contributed by atoms with Crippen LogP contribution in [0.15, 0.2) is 89.2 Å². The molecular formula is C54H64F2N8O8S5. The molecule has 2 aromatic heterocycles. The number of nitrogens with one attached hydrogen (secondary N) is 2. The lowest BCUT2D eigenvalue weighted by Gasteiger charge is -2.31. The lowest BCUT2D eigenvalue weighted by atomic mass is 9.95. The van der Waals surface area contributed by atoms with E-state index in [1.165, 1.54) is 55.9 Å². The maximum absolute atomic E-state index is 17.0. The number of rotatable bonds is 13. The normalized spacial score (nSPS) is 18.9. The molecule has 16 nitrogen and oxygen atoms in total. The maximum atomic E-state index is 17.0. The minimum Gasteiger partial charge on any atom is -0.464 e. The Morgan fingerprint density at radius 2 is 1.29 bits per heavy atom. The number of aromatic nitrogens is 2. The Kier molecular flexibility index (Phi) is 19.7. The molecule has 3 aromatic carbocycles. The molecule has 4 amide bonds. The highest BCUT2D eigenvalue weighted by Crippen LogP contribution is 2.49. The number of methoxy groups -OCH3 is 2. The van der Waals surface area contributed by atoms with Gasteiger partial charge in [-0.3, -0.25) is 24.1 Å². The standard InChI is InChI=1S/C54H56F2N8O8S.4H2S/c1-28(2)47(60-52(67)69-5)49(65)62-17-7-9-41(62)38-21-33(25-57-38)30-11-16-40-32(19-30)23-43-46-37(56)20-31(24-44(46)72-51(64(40)43)45-27-59-54(73-45)71-36-14-12-35(55)13-15-36)34-22-39(58-26-34)42-10-8-18-63(42)50(66)48(29(3)4)61-53(68)70-6;;;;/h11-16,19-20,23-29,41-42,47-48,51H,7-10,17-18,21-22H2,1-6H3,(H,60,67)(H,61,68);4*1H2/t41-,42-,47-,48-,51?;;;;/m0..../s1. The van der Waals surface area contributed by atoms with E-state index >= 15 is 4.39 Å². The van der Waals surface area contributed by atoms with E-state index in [-0.39, 0.29) is 95.3 Å². The molecule has 5 aromatic rings. The molecule has 2 N–H and O–H groups in total. The predicted molar refractivity (Wildman–Crippen MR) is 314 cm³/mol. The number of hydrogen-bond acceptors (Lipinski definition) is 12. The second kappa shape index (κ2) is 25.2. The number of thiazole rings is 1. The molecule has 0 aliphatic carbocycles. The molecular weight excluding hydrogens is 1090 g/mol. The average molecular weight is 1150 g/mol. The molecule has 412 valence electrons. The van der Waals surface area contributed by atoms with E-state index in [9.17, 15) is 23.6 Å². The summed E-state index contributed by atoms with van der Waals surface area (Å²) < 4.78 is 55.3. The Labute approximate surface area is 477 Å². The molecule has 0 spiro atoms. The monoisotopic (exact) mass is 1150 g/mol. The summed E-state index contributed by atoms with van der Waals surface area (Å²) in [5.74, 6) is -0.863. The topological polar surface area (TPSA) is 178 Å². The van der Waals surface area contributed by atoms with Gasteiger partial charge in [0.05, 0.1) is 54.2 Å². The van der Waals surface area contributed by atoms with Crippen molar-refractivity contribution in [3.05, 3.63) is 107 Å². The molecule has 7 heterocycles. The molecule has 0 saturated carbocycles. The maximum Gasteiger partial charge on any atom is 0.407 e. The molecule has 1 unspecified atom stereocenters. The van der Waals surface area contributed by atoms with Crippen LogP contribution in [0, 0.1) is 23.5 Å². The molecule has 2 fully saturated rings. The molecule has 2 saturated heterocycles. The molecule has 77 heavy (non-hydrogen) atoms. The van der Waals surface area contributed by atoms with Crippen molar-refractivity contribution in [2.45, 2.75) is 96.6 Å². The minimum atomic E-state index is -0.798. The number of allylic oxidation sites excluding steroid dienone is 2. The Balaban J connectivity index is 0.00000240. The van der Waals surface area contributed by atoms with E-state index in [2.05, 4.69) is 21.7 Å². The van der Waals surface area contributed by atoms with Crippen LogP contribution in [0.5, 0.6) is 16.7 Å². The van der Waals surface area contributed by atoms with Crippen LogP contribution in [0.4, 0.5) is 18.4 Å². The van der Waals surface area contributed by atoms with E-state index in [0.29, 0.717) is 65.2 Å². The Morgan fingerprint density at radius 3 is 1.83 bits per heavy atom. The lowest BCUT2D eigenvalue weighted by molar-refractivity contribution is -0.134. The summed E-state index contributed by atoms with van der Waals surface area (Å²) in [5, 5.41) is 6.55. The third-order valence-electron chi connectivity index (χ3n) is 14.3. The van der Waals surface area contributed by atoms with Crippen LogP contribution in [0.25, 0.3) is 33.3 Å². The van der Waals surface area contributed by atoms with Crippen molar-refractivity contribution in [1.82, 2.24) is 30.0 Å². The number of ether oxygens (including phenoxy) is 4. The number of benzene rings is 3. The first-order valence-electron chi connectivity index (χ1n) is 24.6. The first-order chi connectivity index (χ1) is 35.2. The zero-order valence-corrected chi connectivity index (χ0v) is 48.1. The summed E-state index contributed by atoms with van der Waals surface area (Å²) in [6.45, 7) is 8.59. The lowest BCUT2D eigenvalue weighted by Crippen LogP contribution is -2.53. The number of aliphatic imine (C=N–C) groups is 2. The Hall–Kier alpha value is -6.01. The third kappa shape index (κ3) is 12.0. The SMILES string of the molecule is COC(=O)N[C@H](C(=O)N1CCC[C@H]1C1=NC=C(c2cc(F)c3c(c2)OC(c2cnc(Oc4ccc(F)cc4)s2)n2c-3cc3cc(C4=CN=C([C@@H]5CCCN5C(=O)[C@@H](NC(=O)OC)C(C)C)C4)ccc32)C1)C(C)C.S.S.S.S. The van der Waals surface area contributed by atoms with Crippen molar-refractivity contribution < 1.29 is 46.9 Å². The summed E-state index contributed by atoms with van der Waals surface area (Å²) in [4.78, 5) is 70.6.